The first-order valence-electron chi connectivity index (χ1n) is 5.15. The van der Waals surface area contributed by atoms with Crippen molar-refractivity contribution in [3.8, 4) is 0 Å². The third-order valence-electron chi connectivity index (χ3n) is 2.33. The second-order valence-electron chi connectivity index (χ2n) is 4.04. The van der Waals surface area contributed by atoms with Gasteiger partial charge in [0.15, 0.2) is 0 Å². The van der Waals surface area contributed by atoms with E-state index in [2.05, 4.69) is 22.6 Å². The molecule has 1 aliphatic rings. The summed E-state index contributed by atoms with van der Waals surface area (Å²) in [6, 6.07) is 0. The predicted molar refractivity (Wildman–Crippen MR) is 64.8 cm³/mol. The summed E-state index contributed by atoms with van der Waals surface area (Å²) < 4.78 is 6.30. The van der Waals surface area contributed by atoms with Crippen molar-refractivity contribution in [2.24, 2.45) is 5.92 Å². The van der Waals surface area contributed by atoms with Crippen LogP contribution in [0.2, 0.25) is 0 Å². The molecule has 0 radical (unpaired) electrons. The number of carbonyl (C=O) groups excluding carboxylic acids is 1. The van der Waals surface area contributed by atoms with Crippen molar-refractivity contribution in [2.45, 2.75) is 32.8 Å². The van der Waals surface area contributed by atoms with Crippen LogP contribution in [-0.4, -0.2) is 34.6 Å². The fourth-order valence-electron chi connectivity index (χ4n) is 1.63. The number of hydrogen-bond acceptors (Lipinski definition) is 2. The number of piperidine rings is 1. The summed E-state index contributed by atoms with van der Waals surface area (Å²) in [5, 5.41) is 0. The standard InChI is InChI=1S/C10H18INO2/c1-8(2)14-10(13)12-5-3-4-9(6-11)7-12/h8-9H,3-7H2,1-2H3. The Morgan fingerprint density at radius 2 is 2.36 bits per heavy atom. The number of carbonyl (C=O) groups is 1. The molecule has 1 saturated heterocycles. The second kappa shape index (κ2) is 5.78. The van der Waals surface area contributed by atoms with Gasteiger partial charge >= 0.3 is 6.09 Å². The van der Waals surface area contributed by atoms with Crippen molar-refractivity contribution >= 4 is 28.7 Å². The Labute approximate surface area is 99.3 Å². The molecule has 1 rings (SSSR count). The average molecular weight is 311 g/mol. The molecule has 0 aromatic carbocycles. The lowest BCUT2D eigenvalue weighted by Gasteiger charge is -2.31. The van der Waals surface area contributed by atoms with E-state index in [0.717, 1.165) is 23.9 Å². The Morgan fingerprint density at radius 3 is 2.93 bits per heavy atom. The molecule has 4 heteroatoms. The third kappa shape index (κ3) is 3.63. The Kier molecular flexibility index (Phi) is 4.98. The SMILES string of the molecule is CC(C)OC(=O)N1CCCC(CI)C1. The highest BCUT2D eigenvalue weighted by Gasteiger charge is 2.24. The van der Waals surface area contributed by atoms with Gasteiger partial charge in [0.05, 0.1) is 6.10 Å². The molecule has 1 atom stereocenters. The number of halogens is 1. The van der Waals surface area contributed by atoms with Gasteiger partial charge in [-0.2, -0.15) is 0 Å². The maximum Gasteiger partial charge on any atom is 0.410 e. The lowest BCUT2D eigenvalue weighted by atomic mass is 10.0. The Morgan fingerprint density at radius 1 is 1.64 bits per heavy atom. The smallest absolute Gasteiger partial charge is 0.410 e. The van der Waals surface area contributed by atoms with Crippen LogP contribution in [0.5, 0.6) is 0 Å². The van der Waals surface area contributed by atoms with Gasteiger partial charge in [-0.1, -0.05) is 22.6 Å². The Bertz CT molecular complexity index is 197. The zero-order valence-electron chi connectivity index (χ0n) is 8.83. The van der Waals surface area contributed by atoms with Crippen LogP contribution in [0.25, 0.3) is 0 Å². The minimum atomic E-state index is -0.144. The van der Waals surface area contributed by atoms with Gasteiger partial charge in [0.2, 0.25) is 0 Å². The van der Waals surface area contributed by atoms with E-state index in [1.54, 1.807) is 0 Å². The van der Waals surface area contributed by atoms with Crippen molar-refractivity contribution < 1.29 is 9.53 Å². The quantitative estimate of drug-likeness (QED) is 0.580. The van der Waals surface area contributed by atoms with Crippen LogP contribution in [-0.2, 0) is 4.74 Å². The maximum absolute atomic E-state index is 11.6. The minimum Gasteiger partial charge on any atom is -0.447 e. The first kappa shape index (κ1) is 12.1. The van der Waals surface area contributed by atoms with Gasteiger partial charge in [0, 0.05) is 17.5 Å². The van der Waals surface area contributed by atoms with Crippen LogP contribution in [0.4, 0.5) is 4.79 Å². The molecule has 1 aliphatic heterocycles. The molecule has 3 nitrogen and oxygen atoms in total. The molecule has 0 aromatic rings. The number of hydrogen-bond donors (Lipinski definition) is 0. The summed E-state index contributed by atoms with van der Waals surface area (Å²) in [6.45, 7) is 5.50. The topological polar surface area (TPSA) is 29.5 Å². The minimum absolute atomic E-state index is 0.0116. The molecule has 1 heterocycles. The molecule has 1 unspecified atom stereocenters. The Hall–Kier alpha value is 0. The molecule has 0 spiro atoms. The van der Waals surface area contributed by atoms with Crippen LogP contribution in [0.3, 0.4) is 0 Å². The first-order chi connectivity index (χ1) is 6.63. The van der Waals surface area contributed by atoms with Crippen molar-refractivity contribution in [1.82, 2.24) is 4.90 Å². The first-order valence-corrected chi connectivity index (χ1v) is 6.67. The van der Waals surface area contributed by atoms with Gasteiger partial charge in [-0.3, -0.25) is 0 Å². The van der Waals surface area contributed by atoms with Gasteiger partial charge in [0.25, 0.3) is 0 Å². The number of alkyl halides is 1. The van der Waals surface area contributed by atoms with E-state index in [4.69, 9.17) is 4.74 Å². The van der Waals surface area contributed by atoms with Crippen LogP contribution >= 0.6 is 22.6 Å². The molecule has 0 bridgehead atoms. The fraction of sp³-hybridized carbons (Fsp3) is 0.900. The predicted octanol–water partition coefficient (Wildman–Crippen LogP) is 2.68. The molecule has 0 N–H and O–H groups in total. The highest BCUT2D eigenvalue weighted by molar-refractivity contribution is 14.1. The molecular weight excluding hydrogens is 293 g/mol. The number of amides is 1. The zero-order valence-corrected chi connectivity index (χ0v) is 11.0. The van der Waals surface area contributed by atoms with E-state index in [-0.39, 0.29) is 12.2 Å². The monoisotopic (exact) mass is 311 g/mol. The van der Waals surface area contributed by atoms with E-state index in [0.29, 0.717) is 5.92 Å². The van der Waals surface area contributed by atoms with Gasteiger partial charge in [-0.05, 0) is 32.6 Å². The number of likely N-dealkylation sites (tertiary alicyclic amines) is 1. The fourth-order valence-corrected chi connectivity index (χ4v) is 2.35. The zero-order chi connectivity index (χ0) is 10.6. The maximum atomic E-state index is 11.6. The number of nitrogens with zero attached hydrogens (tertiary/aromatic N) is 1. The summed E-state index contributed by atoms with van der Waals surface area (Å²) in [5.41, 5.74) is 0. The molecule has 1 fully saturated rings. The number of rotatable bonds is 2. The van der Waals surface area contributed by atoms with Gasteiger partial charge < -0.3 is 9.64 Å². The van der Waals surface area contributed by atoms with E-state index in [1.165, 1.54) is 6.42 Å². The molecule has 82 valence electrons. The van der Waals surface area contributed by atoms with Crippen LogP contribution in [0, 0.1) is 5.92 Å². The second-order valence-corrected chi connectivity index (χ2v) is 4.92. The molecular formula is C10H18INO2. The normalized spacial score (nSPS) is 22.6. The summed E-state index contributed by atoms with van der Waals surface area (Å²) in [4.78, 5) is 13.4. The van der Waals surface area contributed by atoms with Gasteiger partial charge in [0.1, 0.15) is 0 Å². The van der Waals surface area contributed by atoms with Crippen LogP contribution < -0.4 is 0 Å². The molecule has 0 aliphatic carbocycles. The van der Waals surface area contributed by atoms with Crippen molar-refractivity contribution in [3.63, 3.8) is 0 Å². The van der Waals surface area contributed by atoms with Crippen molar-refractivity contribution in [2.75, 3.05) is 17.5 Å². The molecule has 0 saturated carbocycles. The molecule has 14 heavy (non-hydrogen) atoms. The summed E-state index contributed by atoms with van der Waals surface area (Å²) in [5.74, 6) is 0.657. The molecule has 1 amide bonds. The largest absolute Gasteiger partial charge is 0.447 e. The summed E-state index contributed by atoms with van der Waals surface area (Å²) >= 11 is 2.39. The van der Waals surface area contributed by atoms with Gasteiger partial charge in [-0.25, -0.2) is 4.79 Å². The highest BCUT2D eigenvalue weighted by Crippen LogP contribution is 2.19. The Balaban J connectivity index is 2.39. The average Bonchev–Trinajstić information content (AvgIpc) is 2.17. The lowest BCUT2D eigenvalue weighted by Crippen LogP contribution is -2.41. The van der Waals surface area contributed by atoms with Crippen molar-refractivity contribution in [1.29, 1.82) is 0 Å². The van der Waals surface area contributed by atoms with Crippen molar-refractivity contribution in [3.05, 3.63) is 0 Å². The van der Waals surface area contributed by atoms with E-state index in [1.807, 2.05) is 18.7 Å². The van der Waals surface area contributed by atoms with Crippen LogP contribution in [0.1, 0.15) is 26.7 Å². The van der Waals surface area contributed by atoms with E-state index < -0.39 is 0 Å². The summed E-state index contributed by atoms with van der Waals surface area (Å²) in [7, 11) is 0. The highest BCUT2D eigenvalue weighted by atomic mass is 127. The molecule has 0 aromatic heterocycles. The van der Waals surface area contributed by atoms with Gasteiger partial charge in [-0.15, -0.1) is 0 Å². The number of ether oxygens (including phenoxy) is 1. The summed E-state index contributed by atoms with van der Waals surface area (Å²) in [6.07, 6.45) is 2.20. The van der Waals surface area contributed by atoms with Crippen LogP contribution in [0.15, 0.2) is 0 Å². The van der Waals surface area contributed by atoms with E-state index in [9.17, 15) is 4.79 Å². The third-order valence-corrected chi connectivity index (χ3v) is 3.58. The van der Waals surface area contributed by atoms with E-state index >= 15 is 0 Å². The lowest BCUT2D eigenvalue weighted by molar-refractivity contribution is 0.0648.